The Hall–Kier alpha value is -0.210. The number of ether oxygens (including phenoxy) is 1. The highest BCUT2D eigenvalue weighted by Gasteiger charge is 2.36. The fourth-order valence-electron chi connectivity index (χ4n) is 2.18. The van der Waals surface area contributed by atoms with Crippen LogP contribution in [0.25, 0.3) is 0 Å². The molecule has 0 aromatic carbocycles. The van der Waals surface area contributed by atoms with E-state index in [1.807, 2.05) is 20.8 Å². The van der Waals surface area contributed by atoms with Crippen molar-refractivity contribution < 1.29 is 13.2 Å². The second kappa shape index (κ2) is 5.83. The van der Waals surface area contributed by atoms with Gasteiger partial charge in [-0.3, -0.25) is 0 Å². The van der Waals surface area contributed by atoms with Crippen molar-refractivity contribution in [3.05, 3.63) is 0 Å². The molecule has 7 heteroatoms. The molecule has 1 aliphatic heterocycles. The Bertz CT molecular complexity index is 364. The third-order valence-electron chi connectivity index (χ3n) is 2.96. The van der Waals surface area contributed by atoms with Crippen LogP contribution in [0.4, 0.5) is 0 Å². The zero-order valence-electron chi connectivity index (χ0n) is 11.6. The van der Waals surface area contributed by atoms with Crippen molar-refractivity contribution in [1.82, 2.24) is 9.03 Å². The van der Waals surface area contributed by atoms with Gasteiger partial charge in [-0.05, 0) is 33.6 Å². The SMILES string of the molecule is COC1CCN(S(=O)(=O)NC(C)(C)C)C(CN)C1. The molecule has 1 fully saturated rings. The Labute approximate surface area is 110 Å². The van der Waals surface area contributed by atoms with Gasteiger partial charge in [-0.2, -0.15) is 17.4 Å². The first kappa shape index (κ1) is 15.8. The van der Waals surface area contributed by atoms with E-state index in [2.05, 4.69) is 4.72 Å². The monoisotopic (exact) mass is 279 g/mol. The van der Waals surface area contributed by atoms with Gasteiger partial charge in [0.2, 0.25) is 0 Å². The van der Waals surface area contributed by atoms with Gasteiger partial charge in [0.15, 0.2) is 0 Å². The first-order valence-electron chi connectivity index (χ1n) is 6.23. The van der Waals surface area contributed by atoms with Crippen molar-refractivity contribution in [2.75, 3.05) is 20.2 Å². The van der Waals surface area contributed by atoms with Crippen LogP contribution >= 0.6 is 0 Å². The van der Waals surface area contributed by atoms with Crippen molar-refractivity contribution in [2.24, 2.45) is 5.73 Å². The molecule has 3 N–H and O–H groups in total. The highest BCUT2D eigenvalue weighted by molar-refractivity contribution is 7.87. The van der Waals surface area contributed by atoms with E-state index >= 15 is 0 Å². The third kappa shape index (κ3) is 4.17. The molecular formula is C11H25N3O3S. The van der Waals surface area contributed by atoms with Crippen LogP contribution in [0.5, 0.6) is 0 Å². The normalized spacial score (nSPS) is 27.4. The van der Waals surface area contributed by atoms with Crippen molar-refractivity contribution in [1.29, 1.82) is 0 Å². The van der Waals surface area contributed by atoms with E-state index in [1.54, 1.807) is 7.11 Å². The van der Waals surface area contributed by atoms with Gasteiger partial charge in [0.25, 0.3) is 10.2 Å². The van der Waals surface area contributed by atoms with Crippen molar-refractivity contribution >= 4 is 10.2 Å². The summed E-state index contributed by atoms with van der Waals surface area (Å²) >= 11 is 0. The van der Waals surface area contributed by atoms with Gasteiger partial charge in [-0.1, -0.05) is 0 Å². The van der Waals surface area contributed by atoms with Gasteiger partial charge in [0, 0.05) is 31.8 Å². The number of methoxy groups -OCH3 is 1. The van der Waals surface area contributed by atoms with E-state index in [9.17, 15) is 8.42 Å². The zero-order valence-corrected chi connectivity index (χ0v) is 12.5. The van der Waals surface area contributed by atoms with Gasteiger partial charge < -0.3 is 10.5 Å². The maximum atomic E-state index is 12.3. The van der Waals surface area contributed by atoms with Crippen LogP contribution in [0.15, 0.2) is 0 Å². The number of nitrogens with two attached hydrogens (primary N) is 1. The molecule has 2 unspecified atom stereocenters. The fourth-order valence-corrected chi connectivity index (χ4v) is 3.98. The second-order valence-corrected chi connectivity index (χ2v) is 7.36. The van der Waals surface area contributed by atoms with E-state index < -0.39 is 15.7 Å². The first-order valence-corrected chi connectivity index (χ1v) is 7.67. The molecule has 1 saturated heterocycles. The lowest BCUT2D eigenvalue weighted by atomic mass is 10.0. The Morgan fingerprint density at radius 3 is 2.50 bits per heavy atom. The summed E-state index contributed by atoms with van der Waals surface area (Å²) in [6.07, 6.45) is 1.45. The molecule has 18 heavy (non-hydrogen) atoms. The fraction of sp³-hybridized carbons (Fsp3) is 1.00. The molecule has 0 aromatic rings. The Morgan fingerprint density at radius 2 is 2.06 bits per heavy atom. The zero-order chi connectivity index (χ0) is 14.0. The summed E-state index contributed by atoms with van der Waals surface area (Å²) in [5.74, 6) is 0. The standard InChI is InChI=1S/C11H25N3O3S/c1-11(2,3)13-18(15,16)14-6-5-10(17-4)7-9(14)8-12/h9-10,13H,5-8,12H2,1-4H3. The van der Waals surface area contributed by atoms with Crippen LogP contribution in [0, 0.1) is 0 Å². The molecule has 0 aromatic heterocycles. The number of nitrogens with zero attached hydrogens (tertiary/aromatic N) is 1. The number of hydrogen-bond acceptors (Lipinski definition) is 4. The molecule has 2 atom stereocenters. The van der Waals surface area contributed by atoms with Gasteiger partial charge in [0.1, 0.15) is 0 Å². The molecule has 1 rings (SSSR count). The highest BCUT2D eigenvalue weighted by Crippen LogP contribution is 2.22. The average Bonchev–Trinajstić information content (AvgIpc) is 2.24. The summed E-state index contributed by atoms with van der Waals surface area (Å²) in [5, 5.41) is 0. The number of piperidine rings is 1. The Kier molecular flexibility index (Phi) is 5.13. The van der Waals surface area contributed by atoms with E-state index in [-0.39, 0.29) is 12.1 Å². The smallest absolute Gasteiger partial charge is 0.280 e. The Balaban J connectivity index is 2.81. The lowest BCUT2D eigenvalue weighted by Gasteiger charge is -2.38. The first-order chi connectivity index (χ1) is 8.19. The predicted octanol–water partition coefficient (Wildman–Crippen LogP) is 0.0574. The summed E-state index contributed by atoms with van der Waals surface area (Å²) in [5.41, 5.74) is 5.19. The molecule has 0 radical (unpaired) electrons. The maximum Gasteiger partial charge on any atom is 0.280 e. The largest absolute Gasteiger partial charge is 0.381 e. The molecule has 0 spiro atoms. The Morgan fingerprint density at radius 1 is 1.44 bits per heavy atom. The summed E-state index contributed by atoms with van der Waals surface area (Å²) < 4.78 is 34.0. The molecular weight excluding hydrogens is 254 g/mol. The molecule has 6 nitrogen and oxygen atoms in total. The van der Waals surface area contributed by atoms with Crippen molar-refractivity contribution in [2.45, 2.75) is 51.3 Å². The average molecular weight is 279 g/mol. The minimum absolute atomic E-state index is 0.0969. The topological polar surface area (TPSA) is 84.7 Å². The van der Waals surface area contributed by atoms with Gasteiger partial charge in [-0.15, -0.1) is 0 Å². The summed E-state index contributed by atoms with van der Waals surface area (Å²) in [6.45, 7) is 6.23. The van der Waals surface area contributed by atoms with Gasteiger partial charge in [0.05, 0.1) is 6.10 Å². The number of rotatable bonds is 4. The minimum Gasteiger partial charge on any atom is -0.381 e. The molecule has 0 aliphatic carbocycles. The maximum absolute atomic E-state index is 12.3. The second-order valence-electron chi connectivity index (χ2n) is 5.74. The molecule has 0 saturated carbocycles. The van der Waals surface area contributed by atoms with Gasteiger partial charge >= 0.3 is 0 Å². The summed E-state index contributed by atoms with van der Waals surface area (Å²) in [6, 6.07) is -0.191. The van der Waals surface area contributed by atoms with E-state index in [1.165, 1.54) is 4.31 Å². The van der Waals surface area contributed by atoms with Crippen LogP contribution in [-0.4, -0.2) is 50.6 Å². The van der Waals surface area contributed by atoms with Crippen LogP contribution < -0.4 is 10.5 Å². The number of nitrogens with one attached hydrogen (secondary N) is 1. The quantitative estimate of drug-likeness (QED) is 0.762. The van der Waals surface area contributed by atoms with Crippen LogP contribution in [0.3, 0.4) is 0 Å². The molecule has 1 aliphatic rings. The third-order valence-corrected chi connectivity index (χ3v) is 4.93. The highest BCUT2D eigenvalue weighted by atomic mass is 32.2. The predicted molar refractivity (Wildman–Crippen MR) is 71.4 cm³/mol. The van der Waals surface area contributed by atoms with Crippen LogP contribution in [-0.2, 0) is 14.9 Å². The molecule has 0 amide bonds. The van der Waals surface area contributed by atoms with E-state index in [0.717, 1.165) is 0 Å². The summed E-state index contributed by atoms with van der Waals surface area (Å²) in [7, 11) is -1.84. The van der Waals surface area contributed by atoms with Crippen molar-refractivity contribution in [3.8, 4) is 0 Å². The lowest BCUT2D eigenvalue weighted by molar-refractivity contribution is 0.0396. The molecule has 108 valence electrons. The van der Waals surface area contributed by atoms with Crippen LogP contribution in [0.1, 0.15) is 33.6 Å². The lowest BCUT2D eigenvalue weighted by Crippen LogP contribution is -2.57. The van der Waals surface area contributed by atoms with Gasteiger partial charge in [-0.25, -0.2) is 0 Å². The minimum atomic E-state index is -3.49. The van der Waals surface area contributed by atoms with E-state index in [4.69, 9.17) is 10.5 Å². The molecule has 1 heterocycles. The summed E-state index contributed by atoms with van der Waals surface area (Å²) in [4.78, 5) is 0. The number of hydrogen-bond donors (Lipinski definition) is 2. The van der Waals surface area contributed by atoms with Crippen LogP contribution in [0.2, 0.25) is 0 Å². The van der Waals surface area contributed by atoms with Crippen molar-refractivity contribution in [3.63, 3.8) is 0 Å². The van der Waals surface area contributed by atoms with E-state index in [0.29, 0.717) is 25.9 Å². The molecule has 0 bridgehead atoms.